The van der Waals surface area contributed by atoms with Crippen LogP contribution in [0.2, 0.25) is 0 Å². The number of amides is 1. The fraction of sp³-hybridized carbons (Fsp3) is 0.333. The van der Waals surface area contributed by atoms with Crippen molar-refractivity contribution in [2.45, 2.75) is 18.9 Å². The third kappa shape index (κ3) is 3.01. The average Bonchev–Trinajstić information content (AvgIpc) is 3.09. The highest BCUT2D eigenvalue weighted by Crippen LogP contribution is 2.25. The number of carbonyl (C=O) groups is 1. The number of piperidine rings is 1. The minimum atomic E-state index is -0.529. The Bertz CT molecular complexity index is 729. The number of nitro groups is 1. The maximum atomic E-state index is 12.7. The van der Waals surface area contributed by atoms with Crippen molar-refractivity contribution in [2.75, 3.05) is 18.8 Å². The van der Waals surface area contributed by atoms with E-state index in [-0.39, 0.29) is 28.9 Å². The summed E-state index contributed by atoms with van der Waals surface area (Å²) in [6.07, 6.45) is 5.38. The van der Waals surface area contributed by atoms with E-state index in [0.29, 0.717) is 13.1 Å². The van der Waals surface area contributed by atoms with Gasteiger partial charge in [-0.2, -0.15) is 5.10 Å². The number of non-ortho nitro benzene ring substituents is 1. The standard InChI is InChI=1S/C15H17N5O3/c16-14-5-4-11(20(22)23)9-13(14)15(21)18-7-1-3-12(10-18)19-8-2-6-17-19/h2,4-6,8-9,12H,1,3,7,10,16H2. The van der Waals surface area contributed by atoms with Crippen LogP contribution in [0.1, 0.15) is 29.2 Å². The number of anilines is 1. The lowest BCUT2D eigenvalue weighted by atomic mass is 10.0. The van der Waals surface area contributed by atoms with Crippen LogP contribution in [0.3, 0.4) is 0 Å². The van der Waals surface area contributed by atoms with E-state index in [1.165, 1.54) is 18.2 Å². The van der Waals surface area contributed by atoms with Gasteiger partial charge in [-0.25, -0.2) is 0 Å². The second-order valence-electron chi connectivity index (χ2n) is 5.56. The van der Waals surface area contributed by atoms with Gasteiger partial charge in [-0.15, -0.1) is 0 Å². The Labute approximate surface area is 132 Å². The first-order valence-electron chi connectivity index (χ1n) is 7.38. The third-order valence-corrected chi connectivity index (χ3v) is 4.06. The van der Waals surface area contributed by atoms with Crippen molar-refractivity contribution in [1.29, 1.82) is 0 Å². The normalized spacial score (nSPS) is 17.9. The Hall–Kier alpha value is -2.90. The lowest BCUT2D eigenvalue weighted by Gasteiger charge is -2.33. The molecule has 0 aliphatic carbocycles. The fourth-order valence-corrected chi connectivity index (χ4v) is 2.87. The molecule has 1 saturated heterocycles. The smallest absolute Gasteiger partial charge is 0.270 e. The molecule has 1 unspecified atom stereocenters. The molecule has 23 heavy (non-hydrogen) atoms. The zero-order valence-corrected chi connectivity index (χ0v) is 12.5. The van der Waals surface area contributed by atoms with Gasteiger partial charge in [0.05, 0.1) is 16.5 Å². The summed E-state index contributed by atoms with van der Waals surface area (Å²) < 4.78 is 1.84. The van der Waals surface area contributed by atoms with E-state index in [1.54, 1.807) is 11.1 Å². The van der Waals surface area contributed by atoms with Crippen LogP contribution in [0.15, 0.2) is 36.7 Å². The molecule has 1 fully saturated rings. The van der Waals surface area contributed by atoms with Gasteiger partial charge in [0.15, 0.2) is 0 Å². The van der Waals surface area contributed by atoms with Crippen LogP contribution in [0.4, 0.5) is 11.4 Å². The molecule has 3 rings (SSSR count). The largest absolute Gasteiger partial charge is 0.398 e. The van der Waals surface area contributed by atoms with Crippen LogP contribution in [0.25, 0.3) is 0 Å². The maximum Gasteiger partial charge on any atom is 0.270 e. The number of hydrogen-bond acceptors (Lipinski definition) is 5. The Kier molecular flexibility index (Phi) is 3.96. The topological polar surface area (TPSA) is 107 Å². The summed E-state index contributed by atoms with van der Waals surface area (Å²) in [5, 5.41) is 15.1. The number of nitrogens with two attached hydrogens (primary N) is 1. The van der Waals surface area contributed by atoms with Gasteiger partial charge >= 0.3 is 0 Å². The first kappa shape index (κ1) is 15.0. The van der Waals surface area contributed by atoms with E-state index in [0.717, 1.165) is 12.8 Å². The van der Waals surface area contributed by atoms with Gasteiger partial charge in [-0.05, 0) is 25.0 Å². The molecule has 0 radical (unpaired) electrons. The quantitative estimate of drug-likeness (QED) is 0.528. The minimum Gasteiger partial charge on any atom is -0.398 e. The van der Waals surface area contributed by atoms with Crippen molar-refractivity contribution in [2.24, 2.45) is 0 Å². The first-order chi connectivity index (χ1) is 11.1. The molecular weight excluding hydrogens is 298 g/mol. The summed E-state index contributed by atoms with van der Waals surface area (Å²) in [6, 6.07) is 5.91. The molecule has 120 valence electrons. The highest BCUT2D eigenvalue weighted by atomic mass is 16.6. The third-order valence-electron chi connectivity index (χ3n) is 4.06. The molecule has 1 aromatic heterocycles. The summed E-state index contributed by atoms with van der Waals surface area (Å²) in [4.78, 5) is 24.8. The summed E-state index contributed by atoms with van der Waals surface area (Å²) in [5.41, 5.74) is 6.14. The monoisotopic (exact) mass is 315 g/mol. The molecule has 1 amide bonds. The first-order valence-corrected chi connectivity index (χ1v) is 7.38. The second-order valence-corrected chi connectivity index (χ2v) is 5.56. The molecule has 0 saturated carbocycles. The molecule has 1 aliphatic heterocycles. The van der Waals surface area contributed by atoms with Crippen LogP contribution in [0, 0.1) is 10.1 Å². The van der Waals surface area contributed by atoms with Gasteiger partial charge < -0.3 is 10.6 Å². The predicted octanol–water partition coefficient (Wildman–Crippen LogP) is 1.85. The van der Waals surface area contributed by atoms with Gasteiger partial charge in [0, 0.05) is 43.3 Å². The van der Waals surface area contributed by atoms with Gasteiger partial charge in [0.2, 0.25) is 0 Å². The predicted molar refractivity (Wildman–Crippen MR) is 83.9 cm³/mol. The van der Waals surface area contributed by atoms with Gasteiger partial charge in [0.1, 0.15) is 0 Å². The minimum absolute atomic E-state index is 0.114. The molecule has 1 aromatic carbocycles. The average molecular weight is 315 g/mol. The van der Waals surface area contributed by atoms with Gasteiger partial charge in [-0.1, -0.05) is 0 Å². The number of nitrogens with zero attached hydrogens (tertiary/aromatic N) is 4. The molecule has 8 heteroatoms. The zero-order chi connectivity index (χ0) is 16.4. The lowest BCUT2D eigenvalue weighted by molar-refractivity contribution is -0.384. The molecule has 1 aliphatic rings. The van der Waals surface area contributed by atoms with E-state index in [9.17, 15) is 14.9 Å². The molecule has 0 spiro atoms. The van der Waals surface area contributed by atoms with Crippen molar-refractivity contribution in [3.8, 4) is 0 Å². The Morgan fingerprint density at radius 2 is 2.26 bits per heavy atom. The van der Waals surface area contributed by atoms with Crippen molar-refractivity contribution >= 4 is 17.3 Å². The molecule has 8 nitrogen and oxygen atoms in total. The van der Waals surface area contributed by atoms with Crippen LogP contribution in [-0.4, -0.2) is 38.6 Å². The van der Waals surface area contributed by atoms with E-state index < -0.39 is 4.92 Å². The number of nitrogen functional groups attached to an aromatic ring is 1. The maximum absolute atomic E-state index is 12.7. The molecular formula is C15H17N5O3. The molecule has 2 heterocycles. The van der Waals surface area contributed by atoms with Gasteiger partial charge in [-0.3, -0.25) is 19.6 Å². The number of carbonyl (C=O) groups excluding carboxylic acids is 1. The van der Waals surface area contributed by atoms with Crippen molar-refractivity contribution in [3.63, 3.8) is 0 Å². The van der Waals surface area contributed by atoms with E-state index in [2.05, 4.69) is 5.10 Å². The summed E-state index contributed by atoms with van der Waals surface area (Å²) in [5.74, 6) is -0.275. The van der Waals surface area contributed by atoms with Crippen LogP contribution < -0.4 is 5.73 Å². The number of benzene rings is 1. The Balaban J connectivity index is 1.82. The number of rotatable bonds is 3. The summed E-state index contributed by atoms with van der Waals surface area (Å²) in [6.45, 7) is 1.13. The SMILES string of the molecule is Nc1ccc([N+](=O)[O-])cc1C(=O)N1CCCC(n2cccn2)C1. The Morgan fingerprint density at radius 3 is 2.96 bits per heavy atom. The molecule has 2 N–H and O–H groups in total. The van der Waals surface area contributed by atoms with Crippen LogP contribution in [0.5, 0.6) is 0 Å². The number of hydrogen-bond donors (Lipinski definition) is 1. The number of nitro benzene ring substituents is 1. The fourth-order valence-electron chi connectivity index (χ4n) is 2.87. The van der Waals surface area contributed by atoms with Crippen molar-refractivity contribution < 1.29 is 9.72 Å². The lowest BCUT2D eigenvalue weighted by Crippen LogP contribution is -2.41. The number of aromatic nitrogens is 2. The highest BCUT2D eigenvalue weighted by molar-refractivity contribution is 5.99. The number of likely N-dealkylation sites (tertiary alicyclic amines) is 1. The van der Waals surface area contributed by atoms with E-state index >= 15 is 0 Å². The van der Waals surface area contributed by atoms with Crippen molar-refractivity contribution in [3.05, 3.63) is 52.3 Å². The zero-order valence-electron chi connectivity index (χ0n) is 12.5. The summed E-state index contributed by atoms with van der Waals surface area (Å²) in [7, 11) is 0. The van der Waals surface area contributed by atoms with E-state index in [1.807, 2.05) is 16.9 Å². The molecule has 1 atom stereocenters. The van der Waals surface area contributed by atoms with Crippen LogP contribution in [-0.2, 0) is 0 Å². The van der Waals surface area contributed by atoms with Crippen LogP contribution >= 0.6 is 0 Å². The molecule has 2 aromatic rings. The summed E-state index contributed by atoms with van der Waals surface area (Å²) >= 11 is 0. The van der Waals surface area contributed by atoms with E-state index in [4.69, 9.17) is 5.73 Å². The Morgan fingerprint density at radius 1 is 1.43 bits per heavy atom. The van der Waals surface area contributed by atoms with Crippen molar-refractivity contribution in [1.82, 2.24) is 14.7 Å². The highest BCUT2D eigenvalue weighted by Gasteiger charge is 2.27. The second kappa shape index (κ2) is 6.07. The molecule has 0 bridgehead atoms. The van der Waals surface area contributed by atoms with Gasteiger partial charge in [0.25, 0.3) is 11.6 Å².